The summed E-state index contributed by atoms with van der Waals surface area (Å²) < 4.78 is 7.10. The first kappa shape index (κ1) is 12.8. The van der Waals surface area contributed by atoms with Gasteiger partial charge in [-0.2, -0.15) is 9.67 Å². The first-order valence-electron chi connectivity index (χ1n) is 6.53. The fourth-order valence-electron chi connectivity index (χ4n) is 1.84. The summed E-state index contributed by atoms with van der Waals surface area (Å²) in [5.41, 5.74) is 2.58. The highest BCUT2D eigenvalue weighted by Crippen LogP contribution is 2.15. The fraction of sp³-hybridized carbons (Fsp3) is 0.357. The molecule has 1 aromatic carbocycles. The zero-order chi connectivity index (χ0) is 14.2. The van der Waals surface area contributed by atoms with Crippen LogP contribution >= 0.6 is 0 Å². The van der Waals surface area contributed by atoms with Crippen LogP contribution in [0.4, 0.5) is 0 Å². The molecule has 6 heteroatoms. The minimum Gasteiger partial charge on any atom is -0.430 e. The van der Waals surface area contributed by atoms with Crippen LogP contribution in [-0.2, 0) is 6.54 Å². The minimum absolute atomic E-state index is 0.0407. The van der Waals surface area contributed by atoms with Crippen LogP contribution in [0.15, 0.2) is 34.9 Å². The van der Waals surface area contributed by atoms with E-state index in [1.165, 1.54) is 0 Å². The van der Waals surface area contributed by atoms with E-state index in [1.54, 1.807) is 10.9 Å². The van der Waals surface area contributed by atoms with E-state index >= 15 is 0 Å². The monoisotopic (exact) mass is 271 g/mol. The van der Waals surface area contributed by atoms with Gasteiger partial charge in [-0.3, -0.25) is 0 Å². The Morgan fingerprint density at radius 3 is 2.85 bits per heavy atom. The lowest BCUT2D eigenvalue weighted by Crippen LogP contribution is -2.35. The molecular weight excluding hydrogens is 254 g/mol. The maximum absolute atomic E-state index is 5.49. The number of nitrogens with zero attached hydrogens (tertiary/aromatic N) is 4. The van der Waals surface area contributed by atoms with Crippen molar-refractivity contribution in [2.45, 2.75) is 32.9 Å². The molecule has 0 fully saturated rings. The van der Waals surface area contributed by atoms with Gasteiger partial charge in [0.15, 0.2) is 0 Å². The highest BCUT2D eigenvalue weighted by atomic mass is 16.4. The topological polar surface area (TPSA) is 68.8 Å². The molecular formula is C14H17N5O. The standard InChI is InChI=1S/C14H17N5O/c1-14(2,3)15-8-10-9-20-13(16-10)19-12-7-5-4-6-11(12)17-18-19/h4-7,9,15H,8H2,1-3H3. The second kappa shape index (κ2) is 4.72. The van der Waals surface area contributed by atoms with Crippen LogP contribution in [0.3, 0.4) is 0 Å². The highest BCUT2D eigenvalue weighted by Gasteiger charge is 2.13. The average Bonchev–Trinajstić information content (AvgIpc) is 3.01. The van der Waals surface area contributed by atoms with Gasteiger partial charge in [0.1, 0.15) is 11.8 Å². The van der Waals surface area contributed by atoms with Crippen molar-refractivity contribution in [2.24, 2.45) is 0 Å². The van der Waals surface area contributed by atoms with Gasteiger partial charge in [-0.15, -0.1) is 5.10 Å². The normalized spacial score (nSPS) is 12.2. The van der Waals surface area contributed by atoms with Gasteiger partial charge >= 0.3 is 6.01 Å². The highest BCUT2D eigenvalue weighted by molar-refractivity contribution is 5.75. The zero-order valence-corrected chi connectivity index (χ0v) is 11.8. The molecule has 0 unspecified atom stereocenters. The van der Waals surface area contributed by atoms with E-state index in [0.717, 1.165) is 16.7 Å². The fourth-order valence-corrected chi connectivity index (χ4v) is 1.84. The Kier molecular flexibility index (Phi) is 3.02. The van der Waals surface area contributed by atoms with Crippen molar-refractivity contribution in [3.8, 4) is 6.01 Å². The Balaban J connectivity index is 1.86. The molecule has 0 spiro atoms. The summed E-state index contributed by atoms with van der Waals surface area (Å²) in [7, 11) is 0. The molecule has 0 saturated carbocycles. The van der Waals surface area contributed by atoms with E-state index in [0.29, 0.717) is 12.6 Å². The molecule has 0 amide bonds. The molecule has 3 aromatic rings. The van der Waals surface area contributed by atoms with E-state index in [2.05, 4.69) is 41.4 Å². The van der Waals surface area contributed by atoms with Gasteiger partial charge in [0.25, 0.3) is 0 Å². The van der Waals surface area contributed by atoms with Crippen molar-refractivity contribution >= 4 is 11.0 Å². The number of fused-ring (bicyclic) bond motifs is 1. The van der Waals surface area contributed by atoms with E-state index in [-0.39, 0.29) is 5.54 Å². The van der Waals surface area contributed by atoms with Crippen LogP contribution in [0.1, 0.15) is 26.5 Å². The molecule has 2 aromatic heterocycles. The van der Waals surface area contributed by atoms with Crippen molar-refractivity contribution in [1.82, 2.24) is 25.3 Å². The van der Waals surface area contributed by atoms with Gasteiger partial charge in [-0.1, -0.05) is 17.3 Å². The maximum Gasteiger partial charge on any atom is 0.324 e. The van der Waals surface area contributed by atoms with Crippen LogP contribution in [0.25, 0.3) is 17.0 Å². The van der Waals surface area contributed by atoms with Crippen molar-refractivity contribution in [1.29, 1.82) is 0 Å². The van der Waals surface area contributed by atoms with Gasteiger partial charge in [0.2, 0.25) is 0 Å². The number of hydrogen-bond donors (Lipinski definition) is 1. The zero-order valence-electron chi connectivity index (χ0n) is 11.8. The van der Waals surface area contributed by atoms with Crippen LogP contribution in [0.5, 0.6) is 0 Å². The summed E-state index contributed by atoms with van der Waals surface area (Å²) in [5, 5.41) is 11.5. The average molecular weight is 271 g/mol. The lowest BCUT2D eigenvalue weighted by Gasteiger charge is -2.19. The van der Waals surface area contributed by atoms with Gasteiger partial charge in [-0.05, 0) is 32.9 Å². The van der Waals surface area contributed by atoms with Crippen LogP contribution in [0, 0.1) is 0 Å². The van der Waals surface area contributed by atoms with Crippen molar-refractivity contribution in [2.75, 3.05) is 0 Å². The molecule has 0 saturated heterocycles. The van der Waals surface area contributed by atoms with Gasteiger partial charge in [0, 0.05) is 12.1 Å². The number of para-hydroxylation sites is 1. The Bertz CT molecular complexity index is 722. The summed E-state index contributed by atoms with van der Waals surface area (Å²) in [6.07, 6.45) is 1.64. The molecule has 0 aliphatic heterocycles. The van der Waals surface area contributed by atoms with E-state index < -0.39 is 0 Å². The molecule has 6 nitrogen and oxygen atoms in total. The number of aromatic nitrogens is 4. The Labute approximate surface area is 116 Å². The summed E-state index contributed by atoms with van der Waals surface area (Å²) in [6.45, 7) is 6.98. The molecule has 104 valence electrons. The van der Waals surface area contributed by atoms with Crippen LogP contribution < -0.4 is 5.32 Å². The van der Waals surface area contributed by atoms with Crippen LogP contribution in [-0.4, -0.2) is 25.5 Å². The third-order valence-corrected chi connectivity index (χ3v) is 2.87. The van der Waals surface area contributed by atoms with Crippen LogP contribution in [0.2, 0.25) is 0 Å². The minimum atomic E-state index is 0.0407. The summed E-state index contributed by atoms with van der Waals surface area (Å²) in [4.78, 5) is 4.44. The second-order valence-corrected chi connectivity index (χ2v) is 5.71. The number of oxazole rings is 1. The number of benzene rings is 1. The third kappa shape index (κ3) is 2.55. The second-order valence-electron chi connectivity index (χ2n) is 5.71. The van der Waals surface area contributed by atoms with Gasteiger partial charge in [0.05, 0.1) is 11.2 Å². The largest absolute Gasteiger partial charge is 0.430 e. The van der Waals surface area contributed by atoms with Crippen molar-refractivity contribution in [3.05, 3.63) is 36.2 Å². The summed E-state index contributed by atoms with van der Waals surface area (Å²) in [6, 6.07) is 8.14. The van der Waals surface area contributed by atoms with E-state index in [9.17, 15) is 0 Å². The van der Waals surface area contributed by atoms with Gasteiger partial charge < -0.3 is 9.73 Å². The molecule has 0 aliphatic rings. The molecule has 0 bridgehead atoms. The first-order valence-corrected chi connectivity index (χ1v) is 6.53. The predicted molar refractivity (Wildman–Crippen MR) is 75.5 cm³/mol. The van der Waals surface area contributed by atoms with E-state index in [1.807, 2.05) is 24.3 Å². The molecule has 20 heavy (non-hydrogen) atoms. The molecule has 3 rings (SSSR count). The predicted octanol–water partition coefficient (Wildman–Crippen LogP) is 2.30. The van der Waals surface area contributed by atoms with E-state index in [4.69, 9.17) is 4.42 Å². The summed E-state index contributed by atoms with van der Waals surface area (Å²) >= 11 is 0. The molecule has 0 radical (unpaired) electrons. The number of hydrogen-bond acceptors (Lipinski definition) is 5. The molecule has 1 N–H and O–H groups in total. The smallest absolute Gasteiger partial charge is 0.324 e. The van der Waals surface area contributed by atoms with Crippen molar-refractivity contribution < 1.29 is 4.42 Å². The Morgan fingerprint density at radius 2 is 2.05 bits per heavy atom. The van der Waals surface area contributed by atoms with Crippen molar-refractivity contribution in [3.63, 3.8) is 0 Å². The number of rotatable bonds is 3. The lowest BCUT2D eigenvalue weighted by atomic mass is 10.1. The lowest BCUT2D eigenvalue weighted by molar-refractivity contribution is 0.421. The Morgan fingerprint density at radius 1 is 1.25 bits per heavy atom. The quantitative estimate of drug-likeness (QED) is 0.791. The van der Waals surface area contributed by atoms with Gasteiger partial charge in [-0.25, -0.2) is 0 Å². The SMILES string of the molecule is CC(C)(C)NCc1coc(-n2nnc3ccccc32)n1. The first-order chi connectivity index (χ1) is 9.53. The number of nitrogens with one attached hydrogen (secondary N) is 1. The third-order valence-electron chi connectivity index (χ3n) is 2.87. The molecule has 0 atom stereocenters. The Hall–Kier alpha value is -2.21. The molecule has 0 aliphatic carbocycles. The molecule has 2 heterocycles. The summed E-state index contributed by atoms with van der Waals surface area (Å²) in [5.74, 6) is 0. The maximum atomic E-state index is 5.49.